The van der Waals surface area contributed by atoms with E-state index in [1.165, 1.54) is 22.1 Å². The van der Waals surface area contributed by atoms with Crippen molar-refractivity contribution in [2.75, 3.05) is 23.4 Å². The van der Waals surface area contributed by atoms with Crippen molar-refractivity contribution >= 4 is 52.9 Å². The van der Waals surface area contributed by atoms with E-state index in [0.717, 1.165) is 22.1 Å². The van der Waals surface area contributed by atoms with Gasteiger partial charge in [-0.1, -0.05) is 30.0 Å². The second kappa shape index (κ2) is 10.7. The zero-order chi connectivity index (χ0) is 24.9. The number of hydrogen-bond donors (Lipinski definition) is 5. The molecule has 2 atom stereocenters. The van der Waals surface area contributed by atoms with Crippen molar-refractivity contribution in [1.29, 1.82) is 0 Å². The lowest BCUT2D eigenvalue weighted by atomic mass is 10.0. The van der Waals surface area contributed by atoms with E-state index in [-0.39, 0.29) is 35.6 Å². The first kappa shape index (κ1) is 24.5. The average molecular weight is 521 g/mol. The standard InChI is InChI=1S/C19H20N8O6S2/c28-12(6-20-11-4-2-1-3-5-11)21-14-16(30)27-15(18(31)32)10(8-34-17(14)27)9-35-19-22-24-25-26(19)7-13(29)23-33/h1-5,14,17,20,33H,6-9H2,(H,21,28)(H,23,29)(H,31,32)/t14-,17+/m1/s1. The molecular weight excluding hydrogens is 500 g/mol. The second-order valence-electron chi connectivity index (χ2n) is 7.37. The lowest BCUT2D eigenvalue weighted by Crippen LogP contribution is -2.71. The van der Waals surface area contributed by atoms with Gasteiger partial charge in [-0.05, 0) is 28.1 Å². The van der Waals surface area contributed by atoms with Crippen molar-refractivity contribution in [3.05, 3.63) is 41.6 Å². The van der Waals surface area contributed by atoms with Crippen molar-refractivity contribution in [1.82, 2.24) is 35.9 Å². The van der Waals surface area contributed by atoms with Crippen molar-refractivity contribution in [2.24, 2.45) is 0 Å². The molecular formula is C19H20N8O6S2. The molecule has 2 aliphatic heterocycles. The van der Waals surface area contributed by atoms with Gasteiger partial charge in [0.05, 0.1) is 6.54 Å². The maximum absolute atomic E-state index is 12.8. The third-order valence-electron chi connectivity index (χ3n) is 5.09. The number of carbonyl (C=O) groups is 4. The summed E-state index contributed by atoms with van der Waals surface area (Å²) >= 11 is 2.44. The number of β-lactam (4-membered cyclic amide) rings is 1. The fourth-order valence-electron chi connectivity index (χ4n) is 3.48. The van der Waals surface area contributed by atoms with Gasteiger partial charge in [-0.15, -0.1) is 16.9 Å². The topological polar surface area (TPSA) is 192 Å². The molecule has 0 saturated carbocycles. The van der Waals surface area contributed by atoms with Crippen molar-refractivity contribution in [3.8, 4) is 0 Å². The van der Waals surface area contributed by atoms with E-state index in [1.54, 1.807) is 0 Å². The fraction of sp³-hybridized carbons (Fsp3) is 0.316. The van der Waals surface area contributed by atoms with Crippen LogP contribution in [0.1, 0.15) is 0 Å². The van der Waals surface area contributed by atoms with Gasteiger partial charge in [0.2, 0.25) is 11.1 Å². The summed E-state index contributed by atoms with van der Waals surface area (Å²) < 4.78 is 1.15. The van der Waals surface area contributed by atoms with Crippen LogP contribution in [0.25, 0.3) is 0 Å². The van der Waals surface area contributed by atoms with Crippen molar-refractivity contribution in [3.63, 3.8) is 0 Å². The number of hydrogen-bond acceptors (Lipinski definition) is 11. The molecule has 4 rings (SSSR count). The van der Waals surface area contributed by atoms with Gasteiger partial charge < -0.3 is 15.7 Å². The molecule has 0 radical (unpaired) electrons. The third kappa shape index (κ3) is 5.39. The number of thioether (sulfide) groups is 2. The van der Waals surface area contributed by atoms with Crippen LogP contribution in [0.4, 0.5) is 5.69 Å². The van der Waals surface area contributed by atoms with Crippen LogP contribution in [0.2, 0.25) is 0 Å². The molecule has 14 nitrogen and oxygen atoms in total. The predicted molar refractivity (Wildman–Crippen MR) is 123 cm³/mol. The van der Waals surface area contributed by atoms with Gasteiger partial charge in [0.25, 0.3) is 11.8 Å². The Morgan fingerprint density at radius 2 is 1.97 bits per heavy atom. The van der Waals surface area contributed by atoms with E-state index < -0.39 is 29.2 Å². The van der Waals surface area contributed by atoms with Crippen LogP contribution in [0, 0.1) is 0 Å². The zero-order valence-corrected chi connectivity index (χ0v) is 19.6. The lowest BCUT2D eigenvalue weighted by molar-refractivity contribution is -0.150. The number of benzene rings is 1. The van der Waals surface area contributed by atoms with Crippen LogP contribution in [-0.2, 0) is 25.7 Å². The highest BCUT2D eigenvalue weighted by Gasteiger charge is 2.54. The van der Waals surface area contributed by atoms with Gasteiger partial charge in [0, 0.05) is 17.2 Å². The molecule has 2 aromatic rings. The number of tetrazole rings is 1. The van der Waals surface area contributed by atoms with Gasteiger partial charge >= 0.3 is 5.97 Å². The molecule has 0 bridgehead atoms. The molecule has 1 aromatic heterocycles. The van der Waals surface area contributed by atoms with Gasteiger partial charge in [-0.3, -0.25) is 24.5 Å². The highest BCUT2D eigenvalue weighted by molar-refractivity contribution is 8.01. The number of aliphatic carboxylic acids is 1. The summed E-state index contributed by atoms with van der Waals surface area (Å²) in [5.74, 6) is -2.39. The highest BCUT2D eigenvalue weighted by atomic mass is 32.2. The Balaban J connectivity index is 1.38. The molecule has 35 heavy (non-hydrogen) atoms. The molecule has 0 aliphatic carbocycles. The summed E-state index contributed by atoms with van der Waals surface area (Å²) in [6.45, 7) is -0.351. The largest absolute Gasteiger partial charge is 0.477 e. The zero-order valence-electron chi connectivity index (χ0n) is 17.9. The van der Waals surface area contributed by atoms with E-state index >= 15 is 0 Å². The number of anilines is 1. The van der Waals surface area contributed by atoms with Crippen LogP contribution >= 0.6 is 23.5 Å². The van der Waals surface area contributed by atoms with Gasteiger partial charge in [0.15, 0.2) is 0 Å². The Bertz CT molecular complexity index is 1170. The number of rotatable bonds is 10. The summed E-state index contributed by atoms with van der Waals surface area (Å²) in [5.41, 5.74) is 2.59. The minimum absolute atomic E-state index is 0.0300. The number of hydroxylamine groups is 1. The van der Waals surface area contributed by atoms with Crippen molar-refractivity contribution in [2.45, 2.75) is 23.1 Å². The number of aromatic nitrogens is 4. The number of fused-ring (bicyclic) bond motifs is 1. The first-order valence-electron chi connectivity index (χ1n) is 10.2. The number of carboxylic acid groups (broad SMARTS) is 1. The summed E-state index contributed by atoms with van der Waals surface area (Å²) in [7, 11) is 0. The predicted octanol–water partition coefficient (Wildman–Crippen LogP) is -0.879. The lowest BCUT2D eigenvalue weighted by Gasteiger charge is -2.49. The highest BCUT2D eigenvalue weighted by Crippen LogP contribution is 2.41. The van der Waals surface area contributed by atoms with E-state index in [9.17, 15) is 24.3 Å². The summed E-state index contributed by atoms with van der Waals surface area (Å²) in [5, 5.41) is 34.8. The fourth-order valence-corrected chi connectivity index (χ4v) is 5.84. The number of nitrogens with zero attached hydrogens (tertiary/aromatic N) is 5. The van der Waals surface area contributed by atoms with Crippen LogP contribution in [0.3, 0.4) is 0 Å². The minimum atomic E-state index is -1.26. The summed E-state index contributed by atoms with van der Waals surface area (Å²) in [4.78, 5) is 49.7. The monoisotopic (exact) mass is 520 g/mol. The SMILES string of the molecule is O=C(Cn1nnnc1SCC1=C(C(=O)O)N2C(=O)[C@@H](NC(=O)CNc3ccccc3)[C@@H]2SC1)NO. The molecule has 16 heteroatoms. The minimum Gasteiger partial charge on any atom is -0.477 e. The molecule has 1 saturated heterocycles. The Kier molecular flexibility index (Phi) is 7.52. The van der Waals surface area contributed by atoms with E-state index in [4.69, 9.17) is 5.21 Å². The third-order valence-corrected chi connectivity index (χ3v) is 7.47. The van der Waals surface area contributed by atoms with Crippen LogP contribution in [0.5, 0.6) is 0 Å². The second-order valence-corrected chi connectivity index (χ2v) is 9.42. The van der Waals surface area contributed by atoms with E-state index in [2.05, 4.69) is 26.2 Å². The first-order chi connectivity index (χ1) is 16.9. The van der Waals surface area contributed by atoms with Crippen LogP contribution < -0.4 is 16.1 Å². The molecule has 3 heterocycles. The smallest absolute Gasteiger partial charge is 0.352 e. The average Bonchev–Trinajstić information content (AvgIpc) is 3.31. The van der Waals surface area contributed by atoms with E-state index in [0.29, 0.717) is 11.3 Å². The molecule has 2 aliphatic rings. The first-order valence-corrected chi connectivity index (χ1v) is 12.2. The van der Waals surface area contributed by atoms with Gasteiger partial charge in [-0.2, -0.15) is 0 Å². The van der Waals surface area contributed by atoms with Gasteiger partial charge in [0.1, 0.15) is 23.7 Å². The molecule has 184 valence electrons. The molecule has 0 spiro atoms. The number of carboxylic acids is 1. The number of para-hydroxylation sites is 1. The molecule has 5 N–H and O–H groups in total. The Morgan fingerprint density at radius 3 is 2.69 bits per heavy atom. The maximum atomic E-state index is 12.8. The van der Waals surface area contributed by atoms with Gasteiger partial charge in [-0.25, -0.2) is 15.0 Å². The van der Waals surface area contributed by atoms with Crippen LogP contribution in [0.15, 0.2) is 46.8 Å². The molecule has 3 amide bonds. The number of carbonyl (C=O) groups excluding carboxylic acids is 3. The Labute approximate surface area is 206 Å². The quantitative estimate of drug-likeness (QED) is 0.113. The van der Waals surface area contributed by atoms with Crippen LogP contribution in [-0.4, -0.2) is 88.6 Å². The summed E-state index contributed by atoms with van der Waals surface area (Å²) in [6.07, 6.45) is 0. The molecule has 1 aromatic carbocycles. The molecule has 1 fully saturated rings. The molecule has 0 unspecified atom stereocenters. The number of nitrogens with one attached hydrogen (secondary N) is 3. The normalized spacial score (nSPS) is 19.0. The Morgan fingerprint density at radius 1 is 1.20 bits per heavy atom. The summed E-state index contributed by atoms with van der Waals surface area (Å²) in [6, 6.07) is 8.30. The van der Waals surface area contributed by atoms with E-state index in [1.807, 2.05) is 30.3 Å². The Hall–Kier alpha value is -3.63. The number of amides is 3. The maximum Gasteiger partial charge on any atom is 0.352 e. The van der Waals surface area contributed by atoms with Crippen molar-refractivity contribution < 1.29 is 29.5 Å².